The van der Waals surface area contributed by atoms with Gasteiger partial charge in [-0.3, -0.25) is 24.1 Å². The average Bonchev–Trinajstić information content (AvgIpc) is 3.80. The van der Waals surface area contributed by atoms with Crippen LogP contribution in [0.1, 0.15) is 22.8 Å². The minimum Gasteiger partial charge on any atom is -0.497 e. The third kappa shape index (κ3) is 4.65. The van der Waals surface area contributed by atoms with E-state index in [2.05, 4.69) is 10.3 Å². The number of hydrogen-bond acceptors (Lipinski definition) is 8. The van der Waals surface area contributed by atoms with Gasteiger partial charge in [0.1, 0.15) is 17.3 Å². The molecule has 4 aliphatic rings. The lowest BCUT2D eigenvalue weighted by molar-refractivity contribution is -0.123. The van der Waals surface area contributed by atoms with Crippen LogP contribution in [-0.4, -0.2) is 41.7 Å². The van der Waals surface area contributed by atoms with Gasteiger partial charge < -0.3 is 19.8 Å². The van der Waals surface area contributed by atoms with Gasteiger partial charge in [-0.05, 0) is 90.4 Å². The number of methoxy groups -OCH3 is 1. The summed E-state index contributed by atoms with van der Waals surface area (Å²) in [6, 6.07) is 20.0. The van der Waals surface area contributed by atoms with Gasteiger partial charge in [0, 0.05) is 21.7 Å². The molecule has 4 aromatic rings. The summed E-state index contributed by atoms with van der Waals surface area (Å²) in [7, 11) is 1.57. The summed E-state index contributed by atoms with van der Waals surface area (Å²) in [4.78, 5) is 58.2. The molecule has 2 saturated carbocycles. The Bertz CT molecular complexity index is 1930. The fourth-order valence-electron chi connectivity index (χ4n) is 8.05. The van der Waals surface area contributed by atoms with E-state index in [9.17, 15) is 23.6 Å². The van der Waals surface area contributed by atoms with Crippen LogP contribution in [0.15, 0.2) is 82.6 Å². The van der Waals surface area contributed by atoms with E-state index in [0.29, 0.717) is 22.9 Å². The molecule has 46 heavy (non-hydrogen) atoms. The van der Waals surface area contributed by atoms with Crippen LogP contribution < -0.4 is 24.6 Å². The number of ether oxygens (including phenoxy) is 2. The predicted octanol–water partition coefficient (Wildman–Crippen LogP) is 5.28. The van der Waals surface area contributed by atoms with Gasteiger partial charge in [0.05, 0.1) is 29.7 Å². The number of carbonyl (C=O) groups excluding carboxylic acids is 3. The number of imide groups is 1. The van der Waals surface area contributed by atoms with Crippen molar-refractivity contribution in [2.45, 2.75) is 22.6 Å². The molecule has 3 heterocycles. The lowest BCUT2D eigenvalue weighted by Gasteiger charge is -2.43. The smallest absolute Gasteiger partial charge is 0.305 e. The second-order valence-corrected chi connectivity index (χ2v) is 14.3. The van der Waals surface area contributed by atoms with Crippen molar-refractivity contribution in [3.05, 3.63) is 98.7 Å². The van der Waals surface area contributed by atoms with Crippen molar-refractivity contribution in [1.29, 1.82) is 0 Å². The van der Waals surface area contributed by atoms with Crippen LogP contribution in [0.5, 0.6) is 11.5 Å². The molecule has 8 rings (SSSR count). The molecule has 12 heteroatoms. The number of fused-ring (bicyclic) bond motifs is 9. The number of nitrogens with zero attached hydrogens (tertiary/aromatic N) is 1. The fraction of sp³-hybridized carbons (Fsp3) is 0.294. The van der Waals surface area contributed by atoms with Crippen molar-refractivity contribution in [3.63, 3.8) is 0 Å². The van der Waals surface area contributed by atoms with Crippen molar-refractivity contribution >= 4 is 52.2 Å². The second kappa shape index (κ2) is 11.1. The van der Waals surface area contributed by atoms with E-state index in [0.717, 1.165) is 21.9 Å². The molecule has 0 radical (unpaired) electrons. The number of anilines is 2. The van der Waals surface area contributed by atoms with Gasteiger partial charge in [0.25, 0.3) is 5.91 Å². The maximum Gasteiger partial charge on any atom is 0.305 e. The highest BCUT2D eigenvalue weighted by atomic mass is 32.2. The highest BCUT2D eigenvalue weighted by Gasteiger charge is 2.69. The van der Waals surface area contributed by atoms with Gasteiger partial charge in [0.2, 0.25) is 11.8 Å². The first-order valence-corrected chi connectivity index (χ1v) is 16.7. The molecule has 0 spiro atoms. The number of hydrogen-bond donors (Lipinski definition) is 2. The third-order valence-corrected chi connectivity index (χ3v) is 12.4. The third-order valence-electron chi connectivity index (χ3n) is 9.77. The van der Waals surface area contributed by atoms with Gasteiger partial charge >= 0.3 is 4.87 Å². The number of thioether (sulfide) groups is 1. The van der Waals surface area contributed by atoms with Gasteiger partial charge in [-0.15, -0.1) is 11.8 Å². The van der Waals surface area contributed by atoms with E-state index in [1.54, 1.807) is 49.2 Å². The molecule has 9 nitrogen and oxygen atoms in total. The van der Waals surface area contributed by atoms with Crippen LogP contribution in [0.2, 0.25) is 0 Å². The Kier molecular flexibility index (Phi) is 7.02. The Morgan fingerprint density at radius 3 is 2.46 bits per heavy atom. The van der Waals surface area contributed by atoms with Gasteiger partial charge in [-0.25, -0.2) is 4.39 Å². The monoisotopic (exact) mass is 657 g/mol. The lowest BCUT2D eigenvalue weighted by atomic mass is 9.68. The molecule has 4 unspecified atom stereocenters. The zero-order valence-corrected chi connectivity index (χ0v) is 26.1. The number of H-pyrrole nitrogens is 1. The molecule has 3 amide bonds. The van der Waals surface area contributed by atoms with E-state index >= 15 is 0 Å². The Morgan fingerprint density at radius 1 is 0.978 bits per heavy atom. The van der Waals surface area contributed by atoms with Crippen molar-refractivity contribution in [1.82, 2.24) is 4.98 Å². The highest BCUT2D eigenvalue weighted by molar-refractivity contribution is 8.00. The van der Waals surface area contributed by atoms with E-state index < -0.39 is 17.7 Å². The first-order valence-electron chi connectivity index (χ1n) is 15.0. The Morgan fingerprint density at radius 2 is 1.72 bits per heavy atom. The van der Waals surface area contributed by atoms with Crippen LogP contribution in [-0.2, 0) is 14.4 Å². The minimum atomic E-state index is -0.421. The van der Waals surface area contributed by atoms with Crippen LogP contribution >= 0.6 is 23.1 Å². The molecule has 2 bridgehead atoms. The standard InChI is InChI=1S/C34H28FN3O6S2/c1-43-20-11-9-19(10-12-20)38-32(40)27-22-14-23(28(27)33(38)41)29-26(22)25(30-31(45-29)37-34(42)46-30)16-3-2-4-21(13-16)44-15-24(39)36-18-7-5-17(35)6-8-18/h2-13,22-23,25-29H,14-15H2,1H3,(H,36,39)(H,37,42)/t22-,23-,25-,26?,27?,28?,29?/m1/s1. The van der Waals surface area contributed by atoms with E-state index in [1.807, 2.05) is 18.2 Å². The van der Waals surface area contributed by atoms with Crippen LogP contribution in [0.3, 0.4) is 0 Å². The molecule has 2 N–H and O–H groups in total. The lowest BCUT2D eigenvalue weighted by Crippen LogP contribution is -2.42. The summed E-state index contributed by atoms with van der Waals surface area (Å²) in [6.45, 7) is -0.248. The molecule has 7 atom stereocenters. The predicted molar refractivity (Wildman–Crippen MR) is 171 cm³/mol. The molecule has 1 saturated heterocycles. The molecule has 3 aromatic carbocycles. The van der Waals surface area contributed by atoms with Gasteiger partial charge in [-0.2, -0.15) is 0 Å². The SMILES string of the molecule is COc1ccc(N2C(=O)C3C(C2=O)[C@@H]2C[C@H]3C3Sc4[nH]c(=O)sc4[C@H](c4cccc(OCC(=O)Nc5ccc(F)cc5)c4)C32)cc1. The molecular weight excluding hydrogens is 630 g/mol. The number of aromatic amines is 1. The molecular formula is C34H28FN3O6S2. The minimum absolute atomic E-state index is 0.00154. The Balaban J connectivity index is 1.08. The van der Waals surface area contributed by atoms with E-state index in [1.165, 1.54) is 40.5 Å². The highest BCUT2D eigenvalue weighted by Crippen LogP contribution is 2.68. The van der Waals surface area contributed by atoms with Crippen LogP contribution in [0, 0.1) is 35.4 Å². The van der Waals surface area contributed by atoms with Crippen LogP contribution in [0.4, 0.5) is 15.8 Å². The fourth-order valence-corrected chi connectivity index (χ4v) is 10.9. The van der Waals surface area contributed by atoms with E-state index in [4.69, 9.17) is 9.47 Å². The number of rotatable bonds is 7. The summed E-state index contributed by atoms with van der Waals surface area (Å²) in [6.07, 6.45) is 0.779. The van der Waals surface area contributed by atoms with Crippen LogP contribution in [0.25, 0.3) is 0 Å². The quantitative estimate of drug-likeness (QED) is 0.260. The Labute approximate surface area is 271 Å². The Hall–Kier alpha value is -4.42. The summed E-state index contributed by atoms with van der Waals surface area (Å²) >= 11 is 2.82. The number of halogens is 1. The maximum atomic E-state index is 14.0. The number of aromatic nitrogens is 1. The van der Waals surface area contributed by atoms with E-state index in [-0.39, 0.29) is 58.1 Å². The normalized spacial score (nSPS) is 27.3. The molecule has 2 aliphatic heterocycles. The first kappa shape index (κ1) is 29.0. The first-order chi connectivity index (χ1) is 22.3. The van der Waals surface area contributed by atoms with Crippen molar-refractivity contribution < 1.29 is 28.2 Å². The molecule has 234 valence electrons. The molecule has 1 aromatic heterocycles. The topological polar surface area (TPSA) is 118 Å². The average molecular weight is 658 g/mol. The number of carbonyl (C=O) groups is 3. The largest absolute Gasteiger partial charge is 0.497 e. The van der Waals surface area contributed by atoms with Gasteiger partial charge in [-0.1, -0.05) is 23.5 Å². The number of thiazole rings is 1. The number of amides is 3. The summed E-state index contributed by atoms with van der Waals surface area (Å²) in [5.41, 5.74) is 1.94. The number of nitrogens with one attached hydrogen (secondary N) is 2. The number of benzene rings is 3. The van der Waals surface area contributed by atoms with Crippen molar-refractivity contribution in [2.75, 3.05) is 23.9 Å². The zero-order chi connectivity index (χ0) is 31.7. The van der Waals surface area contributed by atoms with Crippen molar-refractivity contribution in [2.24, 2.45) is 29.6 Å². The molecule has 3 fully saturated rings. The zero-order valence-electron chi connectivity index (χ0n) is 24.5. The van der Waals surface area contributed by atoms with Crippen molar-refractivity contribution in [3.8, 4) is 11.5 Å². The summed E-state index contributed by atoms with van der Waals surface area (Å²) < 4.78 is 24.4. The maximum absolute atomic E-state index is 14.0. The second-order valence-electron chi connectivity index (χ2n) is 12.1. The summed E-state index contributed by atoms with van der Waals surface area (Å²) in [5, 5.41) is 3.56. The summed E-state index contributed by atoms with van der Waals surface area (Å²) in [5.74, 6) is -0.961. The molecule has 2 aliphatic carbocycles. The van der Waals surface area contributed by atoms with Gasteiger partial charge in [0.15, 0.2) is 6.61 Å².